The number of rotatable bonds is 8. The van der Waals surface area contributed by atoms with E-state index >= 15 is 0 Å². The lowest BCUT2D eigenvalue weighted by atomic mass is 9.97. The van der Waals surface area contributed by atoms with Crippen LogP contribution < -0.4 is 10.6 Å². The molecule has 0 amide bonds. The number of guanidine groups is 1. The number of halogens is 1. The summed E-state index contributed by atoms with van der Waals surface area (Å²) in [4.78, 5) is 9.07. The number of hydrogen-bond donors (Lipinski definition) is 2. The van der Waals surface area contributed by atoms with Gasteiger partial charge >= 0.3 is 0 Å². The van der Waals surface area contributed by atoms with Gasteiger partial charge in [-0.2, -0.15) is 0 Å². The molecule has 2 unspecified atom stereocenters. The Kier molecular flexibility index (Phi) is 8.84. The summed E-state index contributed by atoms with van der Waals surface area (Å²) in [6.45, 7) is 10.7. The minimum atomic E-state index is -0.284. The average molecular weight is 436 g/mol. The Morgan fingerprint density at radius 1 is 1.27 bits per heavy atom. The van der Waals surface area contributed by atoms with Gasteiger partial charge in [-0.15, -0.1) is 0 Å². The van der Waals surface area contributed by atoms with Crippen LogP contribution in [-0.4, -0.2) is 72.9 Å². The van der Waals surface area contributed by atoms with Crippen LogP contribution in [0.3, 0.4) is 0 Å². The highest BCUT2D eigenvalue weighted by molar-refractivity contribution is 7.80. The van der Waals surface area contributed by atoms with E-state index in [4.69, 9.17) is 17.0 Å². The van der Waals surface area contributed by atoms with E-state index in [1.165, 1.54) is 25.0 Å². The predicted octanol–water partition coefficient (Wildman–Crippen LogP) is 3.31. The van der Waals surface area contributed by atoms with Crippen LogP contribution >= 0.6 is 12.2 Å². The smallest absolute Gasteiger partial charge is 0.200 e. The van der Waals surface area contributed by atoms with Crippen LogP contribution in [0.25, 0.3) is 0 Å². The normalized spacial score (nSPS) is 19.3. The standard InChI is InChI=1S/C22H34FN5OS/c1-3-18(8-7-17(2)27-11-13-29-14-12-27)16-25-21-24-9-10-28(21)22(30)26-20-6-4-5-19(23)15-20/h4-6,15,17-18H,3,7-14,16H2,1-2H3,(H,24,25)(H,26,30). The first-order valence-corrected chi connectivity index (χ1v) is 11.4. The van der Waals surface area contributed by atoms with Crippen molar-refractivity contribution in [2.75, 3.05) is 51.3 Å². The average Bonchev–Trinajstić information content (AvgIpc) is 3.23. The summed E-state index contributed by atoms with van der Waals surface area (Å²) in [7, 11) is 0. The third-order valence-electron chi connectivity index (χ3n) is 5.95. The lowest BCUT2D eigenvalue weighted by Crippen LogP contribution is -2.45. The molecule has 0 radical (unpaired) electrons. The fraction of sp³-hybridized carbons (Fsp3) is 0.636. The molecule has 1 fully saturated rings. The SMILES string of the molecule is CCC(CCC(C)N1CCOCC1)CNC1=NCCN1C(=S)Nc1cccc(F)c1. The Bertz CT molecular complexity index is 725. The first-order valence-electron chi connectivity index (χ1n) is 11.0. The topological polar surface area (TPSA) is 52.1 Å². The molecule has 3 rings (SSSR count). The number of ether oxygens (including phenoxy) is 1. The van der Waals surface area contributed by atoms with Crippen molar-refractivity contribution in [3.63, 3.8) is 0 Å². The molecule has 6 nitrogen and oxygen atoms in total. The van der Waals surface area contributed by atoms with Crippen LogP contribution in [0.15, 0.2) is 29.3 Å². The molecule has 0 saturated carbocycles. The van der Waals surface area contributed by atoms with Gasteiger partial charge in [-0.05, 0) is 56.1 Å². The maximum Gasteiger partial charge on any atom is 0.200 e. The number of aliphatic imine (C=N–C) groups is 1. The highest BCUT2D eigenvalue weighted by atomic mass is 32.1. The molecule has 8 heteroatoms. The third-order valence-corrected chi connectivity index (χ3v) is 6.27. The molecule has 0 aliphatic carbocycles. The van der Waals surface area contributed by atoms with Crippen molar-refractivity contribution >= 4 is 29.0 Å². The fourth-order valence-corrected chi connectivity index (χ4v) is 4.21. The van der Waals surface area contributed by atoms with Gasteiger partial charge in [0.2, 0.25) is 0 Å². The van der Waals surface area contributed by atoms with Crippen molar-refractivity contribution in [1.29, 1.82) is 0 Å². The first-order chi connectivity index (χ1) is 14.6. The molecule has 1 saturated heterocycles. The number of benzene rings is 1. The number of anilines is 1. The van der Waals surface area contributed by atoms with Gasteiger partial charge in [-0.25, -0.2) is 4.39 Å². The molecule has 2 atom stereocenters. The Hall–Kier alpha value is -1.77. The Morgan fingerprint density at radius 3 is 2.80 bits per heavy atom. The molecule has 1 aromatic carbocycles. The number of nitrogens with one attached hydrogen (secondary N) is 2. The van der Waals surface area contributed by atoms with Gasteiger partial charge in [0.05, 0.1) is 19.8 Å². The van der Waals surface area contributed by atoms with Crippen LogP contribution in [0.5, 0.6) is 0 Å². The van der Waals surface area contributed by atoms with Gasteiger partial charge in [-0.1, -0.05) is 19.4 Å². The van der Waals surface area contributed by atoms with E-state index in [1.807, 2.05) is 4.90 Å². The number of nitrogens with zero attached hydrogens (tertiary/aromatic N) is 3. The van der Waals surface area contributed by atoms with Gasteiger partial charge in [0.15, 0.2) is 11.1 Å². The van der Waals surface area contributed by atoms with E-state index in [-0.39, 0.29) is 5.82 Å². The lowest BCUT2D eigenvalue weighted by Gasteiger charge is -2.33. The van der Waals surface area contributed by atoms with E-state index in [0.717, 1.165) is 51.8 Å². The van der Waals surface area contributed by atoms with E-state index in [2.05, 4.69) is 34.4 Å². The summed E-state index contributed by atoms with van der Waals surface area (Å²) in [5, 5.41) is 7.16. The molecule has 1 aromatic rings. The number of hydrogen-bond acceptors (Lipinski definition) is 5. The highest BCUT2D eigenvalue weighted by Crippen LogP contribution is 2.17. The summed E-state index contributed by atoms with van der Waals surface area (Å²) in [5.74, 6) is 1.11. The van der Waals surface area contributed by atoms with E-state index in [1.54, 1.807) is 12.1 Å². The zero-order valence-electron chi connectivity index (χ0n) is 18.1. The maximum absolute atomic E-state index is 13.4. The predicted molar refractivity (Wildman–Crippen MR) is 125 cm³/mol. The zero-order valence-corrected chi connectivity index (χ0v) is 18.9. The van der Waals surface area contributed by atoms with Crippen LogP contribution in [0, 0.1) is 11.7 Å². The van der Waals surface area contributed by atoms with Gasteiger partial charge in [0, 0.05) is 37.9 Å². The minimum Gasteiger partial charge on any atom is -0.379 e. The van der Waals surface area contributed by atoms with Crippen molar-refractivity contribution in [2.24, 2.45) is 10.9 Å². The molecule has 2 N–H and O–H groups in total. The number of thiocarbonyl (C=S) groups is 1. The second-order valence-electron chi connectivity index (χ2n) is 8.03. The molecular weight excluding hydrogens is 401 g/mol. The summed E-state index contributed by atoms with van der Waals surface area (Å²) in [5.41, 5.74) is 0.648. The van der Waals surface area contributed by atoms with E-state index < -0.39 is 0 Å². The Morgan fingerprint density at radius 2 is 2.07 bits per heavy atom. The lowest BCUT2D eigenvalue weighted by molar-refractivity contribution is 0.0174. The second-order valence-corrected chi connectivity index (χ2v) is 8.41. The molecule has 2 aliphatic rings. The molecule has 166 valence electrons. The maximum atomic E-state index is 13.4. The molecule has 0 bridgehead atoms. The largest absolute Gasteiger partial charge is 0.379 e. The summed E-state index contributed by atoms with van der Waals surface area (Å²) in [6.07, 6.45) is 3.50. The summed E-state index contributed by atoms with van der Waals surface area (Å²) < 4.78 is 18.9. The van der Waals surface area contributed by atoms with Gasteiger partial charge < -0.3 is 15.4 Å². The van der Waals surface area contributed by atoms with Gasteiger partial charge in [0.1, 0.15) is 5.82 Å². The van der Waals surface area contributed by atoms with Crippen molar-refractivity contribution in [3.05, 3.63) is 30.1 Å². The van der Waals surface area contributed by atoms with Crippen molar-refractivity contribution in [2.45, 2.75) is 39.2 Å². The zero-order chi connectivity index (χ0) is 21.3. The van der Waals surface area contributed by atoms with Crippen LogP contribution in [0.2, 0.25) is 0 Å². The second kappa shape index (κ2) is 11.6. The molecule has 0 aromatic heterocycles. The van der Waals surface area contributed by atoms with Crippen LogP contribution in [0.4, 0.5) is 10.1 Å². The third kappa shape index (κ3) is 6.62. The van der Waals surface area contributed by atoms with Crippen LogP contribution in [-0.2, 0) is 4.74 Å². The minimum absolute atomic E-state index is 0.284. The van der Waals surface area contributed by atoms with Gasteiger partial charge in [-0.3, -0.25) is 14.8 Å². The highest BCUT2D eigenvalue weighted by Gasteiger charge is 2.23. The van der Waals surface area contributed by atoms with E-state index in [9.17, 15) is 4.39 Å². The quantitative estimate of drug-likeness (QED) is 0.611. The Balaban J connectivity index is 1.45. The number of morpholine rings is 1. The van der Waals surface area contributed by atoms with Crippen molar-refractivity contribution < 1.29 is 9.13 Å². The molecule has 30 heavy (non-hydrogen) atoms. The fourth-order valence-electron chi connectivity index (χ4n) is 3.92. The monoisotopic (exact) mass is 435 g/mol. The molecule has 2 heterocycles. The van der Waals surface area contributed by atoms with Gasteiger partial charge in [0.25, 0.3) is 0 Å². The van der Waals surface area contributed by atoms with Crippen LogP contribution in [0.1, 0.15) is 33.1 Å². The summed E-state index contributed by atoms with van der Waals surface area (Å²) in [6, 6.07) is 6.92. The molecule has 0 spiro atoms. The van der Waals surface area contributed by atoms with E-state index in [0.29, 0.717) is 29.3 Å². The molecule has 2 aliphatic heterocycles. The summed E-state index contributed by atoms with van der Waals surface area (Å²) >= 11 is 5.54. The Labute approximate surface area is 184 Å². The molecular formula is C22H34FN5OS. The van der Waals surface area contributed by atoms with Crippen molar-refractivity contribution in [1.82, 2.24) is 15.1 Å². The first kappa shape index (κ1) is 22.9. The van der Waals surface area contributed by atoms with Crippen molar-refractivity contribution in [3.8, 4) is 0 Å².